The zero-order valence-electron chi connectivity index (χ0n) is 11.0. The van der Waals surface area contributed by atoms with Crippen LogP contribution in [0.1, 0.15) is 33.6 Å². The molecule has 4 heteroatoms. The molecule has 1 aliphatic heterocycles. The Labute approximate surface area is 103 Å². The van der Waals surface area contributed by atoms with Crippen LogP contribution in [0.5, 0.6) is 0 Å². The quantitative estimate of drug-likeness (QED) is 0.855. The number of nitrogens with one attached hydrogen (secondary N) is 1. The highest BCUT2D eigenvalue weighted by molar-refractivity contribution is 5.34. The van der Waals surface area contributed by atoms with Crippen LogP contribution in [0.4, 0.5) is 5.82 Å². The van der Waals surface area contributed by atoms with E-state index in [0.29, 0.717) is 6.04 Å². The van der Waals surface area contributed by atoms with Gasteiger partial charge in [-0.25, -0.2) is 0 Å². The molecule has 0 saturated carbocycles. The maximum Gasteiger partial charge on any atom is 0.148 e. The number of aryl methyl sites for hydroxylation is 1. The highest BCUT2D eigenvalue weighted by Gasteiger charge is 2.24. The van der Waals surface area contributed by atoms with E-state index in [1.54, 1.807) is 0 Å². The lowest BCUT2D eigenvalue weighted by molar-refractivity contribution is 0.121. The summed E-state index contributed by atoms with van der Waals surface area (Å²) in [5, 5.41) is 7.97. The highest BCUT2D eigenvalue weighted by atomic mass is 16.5. The zero-order chi connectivity index (χ0) is 12.3. The minimum absolute atomic E-state index is 0.288. The van der Waals surface area contributed by atoms with Gasteiger partial charge in [-0.15, -0.1) is 0 Å². The third-order valence-corrected chi connectivity index (χ3v) is 3.29. The predicted octanol–water partition coefficient (Wildman–Crippen LogP) is 2.52. The zero-order valence-corrected chi connectivity index (χ0v) is 11.0. The second-order valence-corrected chi connectivity index (χ2v) is 5.26. The molecule has 17 heavy (non-hydrogen) atoms. The van der Waals surface area contributed by atoms with E-state index in [1.807, 2.05) is 16.9 Å². The maximum atomic E-state index is 5.53. The molecule has 1 fully saturated rings. The van der Waals surface area contributed by atoms with Crippen LogP contribution in [0.3, 0.4) is 0 Å². The Kier molecular flexibility index (Phi) is 4.05. The third-order valence-electron chi connectivity index (χ3n) is 3.29. The van der Waals surface area contributed by atoms with E-state index >= 15 is 0 Å². The van der Waals surface area contributed by atoms with Gasteiger partial charge in [0.2, 0.25) is 0 Å². The molecule has 0 spiro atoms. The molecule has 0 amide bonds. The number of rotatable bonds is 5. The molecule has 96 valence electrons. The summed E-state index contributed by atoms with van der Waals surface area (Å²) in [5.41, 5.74) is 0. The average molecular weight is 237 g/mol. The third kappa shape index (κ3) is 3.46. The minimum Gasteiger partial charge on any atom is -0.376 e. The van der Waals surface area contributed by atoms with Crippen LogP contribution in [-0.4, -0.2) is 28.5 Å². The maximum absolute atomic E-state index is 5.53. The lowest BCUT2D eigenvalue weighted by Crippen LogP contribution is -2.26. The molecule has 1 saturated heterocycles. The topological polar surface area (TPSA) is 39.1 Å². The van der Waals surface area contributed by atoms with E-state index in [1.165, 1.54) is 6.42 Å². The van der Waals surface area contributed by atoms with E-state index < -0.39 is 0 Å². The molecule has 0 bridgehead atoms. The molecule has 1 aromatic rings. The summed E-state index contributed by atoms with van der Waals surface area (Å²) in [6, 6.07) is 2.45. The fourth-order valence-corrected chi connectivity index (χ4v) is 2.06. The van der Waals surface area contributed by atoms with Crippen molar-refractivity contribution in [3.05, 3.63) is 12.3 Å². The molecule has 1 aliphatic rings. The first-order valence-electron chi connectivity index (χ1n) is 6.56. The molecule has 2 rings (SSSR count). The normalized spacial score (nSPS) is 24.5. The Morgan fingerprint density at radius 1 is 1.59 bits per heavy atom. The van der Waals surface area contributed by atoms with E-state index in [0.717, 1.165) is 31.3 Å². The summed E-state index contributed by atoms with van der Waals surface area (Å²) in [6.45, 7) is 8.43. The summed E-state index contributed by atoms with van der Waals surface area (Å²) in [5.74, 6) is 1.69. The van der Waals surface area contributed by atoms with Gasteiger partial charge in [0.05, 0.1) is 12.1 Å². The molecule has 4 nitrogen and oxygen atoms in total. The van der Waals surface area contributed by atoms with Crippen molar-refractivity contribution in [2.24, 2.45) is 5.92 Å². The number of anilines is 1. The van der Waals surface area contributed by atoms with Crippen LogP contribution in [-0.2, 0) is 11.3 Å². The van der Waals surface area contributed by atoms with Gasteiger partial charge in [-0.3, -0.25) is 4.68 Å². The van der Waals surface area contributed by atoms with Gasteiger partial charge >= 0.3 is 0 Å². The number of hydrogen-bond acceptors (Lipinski definition) is 3. The first kappa shape index (κ1) is 12.4. The molecule has 2 atom stereocenters. The van der Waals surface area contributed by atoms with Crippen molar-refractivity contribution in [3.63, 3.8) is 0 Å². The Balaban J connectivity index is 1.85. The van der Waals surface area contributed by atoms with Crippen LogP contribution < -0.4 is 5.32 Å². The molecule has 2 heterocycles. The van der Waals surface area contributed by atoms with Crippen molar-refractivity contribution < 1.29 is 4.74 Å². The molecule has 0 aromatic carbocycles. The lowest BCUT2D eigenvalue weighted by atomic mass is 10.1. The fourth-order valence-electron chi connectivity index (χ4n) is 2.06. The largest absolute Gasteiger partial charge is 0.376 e. The fraction of sp³-hybridized carbons (Fsp3) is 0.769. The second kappa shape index (κ2) is 5.54. The van der Waals surface area contributed by atoms with Crippen LogP contribution in [0.25, 0.3) is 0 Å². The van der Waals surface area contributed by atoms with Crippen LogP contribution >= 0.6 is 0 Å². The monoisotopic (exact) mass is 237 g/mol. The summed E-state index contributed by atoms with van der Waals surface area (Å²) in [7, 11) is 0. The van der Waals surface area contributed by atoms with E-state index in [-0.39, 0.29) is 6.10 Å². The van der Waals surface area contributed by atoms with Crippen LogP contribution in [0.15, 0.2) is 12.3 Å². The summed E-state index contributed by atoms with van der Waals surface area (Å²) in [6.07, 6.45) is 4.57. The predicted molar refractivity (Wildman–Crippen MR) is 69.1 cm³/mol. The average Bonchev–Trinajstić information content (AvgIpc) is 2.87. The van der Waals surface area contributed by atoms with Gasteiger partial charge in [-0.2, -0.15) is 5.10 Å². The molecular formula is C13H23N3O. The van der Waals surface area contributed by atoms with E-state index in [9.17, 15) is 0 Å². The van der Waals surface area contributed by atoms with Crippen molar-refractivity contribution >= 4 is 5.82 Å². The summed E-state index contributed by atoms with van der Waals surface area (Å²) >= 11 is 0. The lowest BCUT2D eigenvalue weighted by Gasteiger charge is -2.15. The first-order chi connectivity index (χ1) is 8.15. The van der Waals surface area contributed by atoms with E-state index in [2.05, 4.69) is 31.2 Å². The molecule has 0 aliphatic carbocycles. The standard InChI is InChI=1S/C13H23N3O/c1-10(2)4-7-16-8-5-13(15-16)14-12-6-9-17-11(12)3/h5,8,10-12H,4,6-7,9H2,1-3H3,(H,14,15)/t11-,12-/m0/s1. The number of hydrogen-bond donors (Lipinski definition) is 1. The van der Waals surface area contributed by atoms with Gasteiger partial charge < -0.3 is 10.1 Å². The van der Waals surface area contributed by atoms with Gasteiger partial charge in [0.25, 0.3) is 0 Å². The molecular weight excluding hydrogens is 214 g/mol. The van der Waals surface area contributed by atoms with Crippen molar-refractivity contribution in [3.8, 4) is 0 Å². The first-order valence-corrected chi connectivity index (χ1v) is 6.56. The Hall–Kier alpha value is -1.03. The number of nitrogens with zero attached hydrogens (tertiary/aromatic N) is 2. The Bertz CT molecular complexity index is 348. The van der Waals surface area contributed by atoms with Crippen molar-refractivity contribution in [1.29, 1.82) is 0 Å². The van der Waals surface area contributed by atoms with Crippen molar-refractivity contribution in [2.45, 2.75) is 52.3 Å². The number of aromatic nitrogens is 2. The molecule has 0 radical (unpaired) electrons. The van der Waals surface area contributed by atoms with Gasteiger partial charge in [-0.1, -0.05) is 13.8 Å². The van der Waals surface area contributed by atoms with Gasteiger partial charge in [0, 0.05) is 25.4 Å². The van der Waals surface area contributed by atoms with Gasteiger partial charge in [-0.05, 0) is 25.7 Å². The van der Waals surface area contributed by atoms with Gasteiger partial charge in [0.1, 0.15) is 5.82 Å². The van der Waals surface area contributed by atoms with Crippen molar-refractivity contribution in [1.82, 2.24) is 9.78 Å². The smallest absolute Gasteiger partial charge is 0.148 e. The summed E-state index contributed by atoms with van der Waals surface area (Å²) in [4.78, 5) is 0. The van der Waals surface area contributed by atoms with Crippen LogP contribution in [0, 0.1) is 5.92 Å². The number of ether oxygens (including phenoxy) is 1. The van der Waals surface area contributed by atoms with Gasteiger partial charge in [0.15, 0.2) is 0 Å². The van der Waals surface area contributed by atoms with Crippen LogP contribution in [0.2, 0.25) is 0 Å². The Morgan fingerprint density at radius 3 is 3.06 bits per heavy atom. The Morgan fingerprint density at radius 2 is 2.41 bits per heavy atom. The molecule has 0 unspecified atom stereocenters. The minimum atomic E-state index is 0.288. The van der Waals surface area contributed by atoms with E-state index in [4.69, 9.17) is 4.74 Å². The second-order valence-electron chi connectivity index (χ2n) is 5.26. The highest BCUT2D eigenvalue weighted by Crippen LogP contribution is 2.17. The summed E-state index contributed by atoms with van der Waals surface area (Å²) < 4.78 is 7.54. The molecule has 1 N–H and O–H groups in total. The van der Waals surface area contributed by atoms with Crippen molar-refractivity contribution in [2.75, 3.05) is 11.9 Å². The molecule has 1 aromatic heterocycles. The SMILES string of the molecule is CC(C)CCn1ccc(N[C@H]2CCO[C@H]2C)n1.